The van der Waals surface area contributed by atoms with Crippen molar-refractivity contribution < 1.29 is 9.47 Å². The minimum atomic E-state index is 0.412. The summed E-state index contributed by atoms with van der Waals surface area (Å²) in [5, 5.41) is 0.412. The van der Waals surface area contributed by atoms with E-state index >= 15 is 0 Å². The fourth-order valence-electron chi connectivity index (χ4n) is 1.60. The third kappa shape index (κ3) is 3.61. The molecule has 0 bridgehead atoms. The normalized spacial score (nSPS) is 10.4. The van der Waals surface area contributed by atoms with Crippen LogP contribution in [0, 0.1) is 13.8 Å². The Kier molecular flexibility index (Phi) is 4.79. The summed E-state index contributed by atoms with van der Waals surface area (Å²) in [6.45, 7) is 6.39. The molecule has 1 aromatic carbocycles. The van der Waals surface area contributed by atoms with E-state index in [0.717, 1.165) is 17.7 Å². The van der Waals surface area contributed by atoms with Crippen molar-refractivity contribution in [2.45, 2.75) is 27.2 Å². The van der Waals surface area contributed by atoms with Gasteiger partial charge < -0.3 is 9.47 Å². The zero-order chi connectivity index (χ0) is 14.5. The minimum absolute atomic E-state index is 0.412. The standard InChI is InChI=1S/C15H17ClN2O2/c1-4-9-19-12-5-7-13(8-6-12)20-15-10(2)14(16)17-11(3)18-15/h5-8H,4,9H2,1-3H3. The number of hydrogen-bond donors (Lipinski definition) is 0. The van der Waals surface area contributed by atoms with Crippen LogP contribution in [0.3, 0.4) is 0 Å². The quantitative estimate of drug-likeness (QED) is 0.770. The van der Waals surface area contributed by atoms with Gasteiger partial charge in [-0.3, -0.25) is 0 Å². The highest BCUT2D eigenvalue weighted by Gasteiger charge is 2.09. The summed E-state index contributed by atoms with van der Waals surface area (Å²) in [4.78, 5) is 8.33. The summed E-state index contributed by atoms with van der Waals surface area (Å²) < 4.78 is 11.3. The average Bonchev–Trinajstić information content (AvgIpc) is 2.43. The number of aryl methyl sites for hydroxylation is 1. The number of hydrogen-bond acceptors (Lipinski definition) is 4. The Bertz CT molecular complexity index is 585. The first-order valence-corrected chi connectivity index (χ1v) is 6.89. The molecule has 2 rings (SSSR count). The molecule has 0 spiro atoms. The van der Waals surface area contributed by atoms with Crippen LogP contribution in [0.4, 0.5) is 0 Å². The molecular weight excluding hydrogens is 276 g/mol. The third-order valence-electron chi connectivity index (χ3n) is 2.66. The van der Waals surface area contributed by atoms with Gasteiger partial charge in [0.2, 0.25) is 5.88 Å². The number of aromatic nitrogens is 2. The first kappa shape index (κ1) is 14.6. The molecule has 2 aromatic rings. The molecular formula is C15H17ClN2O2. The van der Waals surface area contributed by atoms with Crippen LogP contribution >= 0.6 is 11.6 Å². The molecule has 0 saturated carbocycles. The summed E-state index contributed by atoms with van der Waals surface area (Å²) >= 11 is 6.02. The van der Waals surface area contributed by atoms with Gasteiger partial charge in [0, 0.05) is 5.56 Å². The van der Waals surface area contributed by atoms with Crippen LogP contribution in [-0.2, 0) is 0 Å². The second kappa shape index (κ2) is 6.57. The zero-order valence-electron chi connectivity index (χ0n) is 11.8. The molecule has 0 aliphatic rings. The predicted octanol–water partition coefficient (Wildman–Crippen LogP) is 4.33. The molecule has 0 fully saturated rings. The van der Waals surface area contributed by atoms with Crippen LogP contribution in [0.15, 0.2) is 24.3 Å². The van der Waals surface area contributed by atoms with Gasteiger partial charge in [-0.2, -0.15) is 4.98 Å². The average molecular weight is 293 g/mol. The molecule has 0 amide bonds. The van der Waals surface area contributed by atoms with Crippen molar-refractivity contribution in [3.05, 3.63) is 40.8 Å². The van der Waals surface area contributed by atoms with E-state index < -0.39 is 0 Å². The van der Waals surface area contributed by atoms with Crippen molar-refractivity contribution in [3.8, 4) is 17.4 Å². The first-order chi connectivity index (χ1) is 9.60. The Morgan fingerprint density at radius 2 is 1.70 bits per heavy atom. The Morgan fingerprint density at radius 1 is 1.05 bits per heavy atom. The highest BCUT2D eigenvalue weighted by Crippen LogP contribution is 2.27. The van der Waals surface area contributed by atoms with Crippen LogP contribution in [0.1, 0.15) is 24.7 Å². The van der Waals surface area contributed by atoms with E-state index in [2.05, 4.69) is 16.9 Å². The van der Waals surface area contributed by atoms with Crippen molar-refractivity contribution in [2.75, 3.05) is 6.61 Å². The van der Waals surface area contributed by atoms with Crippen molar-refractivity contribution in [3.63, 3.8) is 0 Å². The van der Waals surface area contributed by atoms with E-state index in [0.29, 0.717) is 29.2 Å². The topological polar surface area (TPSA) is 44.2 Å². The molecule has 0 aliphatic carbocycles. The molecule has 1 heterocycles. The van der Waals surface area contributed by atoms with Gasteiger partial charge >= 0.3 is 0 Å². The molecule has 0 N–H and O–H groups in total. The number of benzene rings is 1. The van der Waals surface area contributed by atoms with Crippen LogP contribution in [0.25, 0.3) is 0 Å². The molecule has 0 aliphatic heterocycles. The molecule has 5 heteroatoms. The largest absolute Gasteiger partial charge is 0.494 e. The fraction of sp³-hybridized carbons (Fsp3) is 0.333. The van der Waals surface area contributed by atoms with Crippen LogP contribution in [0.2, 0.25) is 5.15 Å². The van der Waals surface area contributed by atoms with E-state index in [1.54, 1.807) is 6.92 Å². The molecule has 20 heavy (non-hydrogen) atoms. The molecule has 0 unspecified atom stereocenters. The monoisotopic (exact) mass is 292 g/mol. The lowest BCUT2D eigenvalue weighted by Crippen LogP contribution is -1.98. The highest BCUT2D eigenvalue weighted by atomic mass is 35.5. The van der Waals surface area contributed by atoms with Crippen LogP contribution < -0.4 is 9.47 Å². The zero-order valence-corrected chi connectivity index (χ0v) is 12.6. The lowest BCUT2D eigenvalue weighted by molar-refractivity contribution is 0.317. The van der Waals surface area contributed by atoms with Gasteiger partial charge in [0.05, 0.1) is 6.61 Å². The summed E-state index contributed by atoms with van der Waals surface area (Å²) in [6.07, 6.45) is 0.982. The Labute approximate surface area is 123 Å². The smallest absolute Gasteiger partial charge is 0.226 e. The summed E-state index contributed by atoms with van der Waals surface area (Å²) in [7, 11) is 0. The second-order valence-electron chi connectivity index (χ2n) is 4.41. The van der Waals surface area contributed by atoms with Gasteiger partial charge in [-0.05, 0) is 44.5 Å². The van der Waals surface area contributed by atoms with E-state index in [1.807, 2.05) is 31.2 Å². The van der Waals surface area contributed by atoms with Crippen LogP contribution in [-0.4, -0.2) is 16.6 Å². The maximum atomic E-state index is 6.02. The van der Waals surface area contributed by atoms with E-state index in [1.165, 1.54) is 0 Å². The maximum Gasteiger partial charge on any atom is 0.226 e. The number of ether oxygens (including phenoxy) is 2. The lowest BCUT2D eigenvalue weighted by atomic mass is 10.3. The Morgan fingerprint density at radius 3 is 2.35 bits per heavy atom. The molecule has 1 aromatic heterocycles. The molecule has 0 radical (unpaired) electrons. The molecule has 4 nitrogen and oxygen atoms in total. The van der Waals surface area contributed by atoms with Gasteiger partial charge in [-0.1, -0.05) is 18.5 Å². The second-order valence-corrected chi connectivity index (χ2v) is 4.77. The van der Waals surface area contributed by atoms with Gasteiger partial charge in [0.1, 0.15) is 22.5 Å². The lowest BCUT2D eigenvalue weighted by Gasteiger charge is -2.10. The first-order valence-electron chi connectivity index (χ1n) is 6.51. The molecule has 106 valence electrons. The van der Waals surface area contributed by atoms with Crippen molar-refractivity contribution in [1.29, 1.82) is 0 Å². The van der Waals surface area contributed by atoms with E-state index in [4.69, 9.17) is 21.1 Å². The third-order valence-corrected chi connectivity index (χ3v) is 3.03. The van der Waals surface area contributed by atoms with Crippen LogP contribution in [0.5, 0.6) is 17.4 Å². The molecule has 0 saturated heterocycles. The Hall–Kier alpha value is -1.81. The van der Waals surface area contributed by atoms with Gasteiger partial charge in [0.15, 0.2) is 0 Å². The maximum absolute atomic E-state index is 6.02. The van der Waals surface area contributed by atoms with Gasteiger partial charge in [0.25, 0.3) is 0 Å². The van der Waals surface area contributed by atoms with Crippen molar-refractivity contribution in [2.24, 2.45) is 0 Å². The number of nitrogens with zero attached hydrogens (tertiary/aromatic N) is 2. The minimum Gasteiger partial charge on any atom is -0.494 e. The van der Waals surface area contributed by atoms with E-state index in [-0.39, 0.29) is 0 Å². The molecule has 0 atom stereocenters. The van der Waals surface area contributed by atoms with E-state index in [9.17, 15) is 0 Å². The SMILES string of the molecule is CCCOc1ccc(Oc2nc(C)nc(Cl)c2C)cc1. The Balaban J connectivity index is 2.14. The number of rotatable bonds is 5. The fourth-order valence-corrected chi connectivity index (χ4v) is 1.81. The number of halogens is 1. The summed E-state index contributed by atoms with van der Waals surface area (Å²) in [6, 6.07) is 7.43. The van der Waals surface area contributed by atoms with Gasteiger partial charge in [-0.25, -0.2) is 4.98 Å². The predicted molar refractivity (Wildman–Crippen MR) is 78.8 cm³/mol. The summed E-state index contributed by atoms with van der Waals surface area (Å²) in [5.41, 5.74) is 0.726. The highest BCUT2D eigenvalue weighted by molar-refractivity contribution is 6.30. The summed E-state index contributed by atoms with van der Waals surface area (Å²) in [5.74, 6) is 2.57. The van der Waals surface area contributed by atoms with Gasteiger partial charge in [-0.15, -0.1) is 0 Å². The van der Waals surface area contributed by atoms with Crippen molar-refractivity contribution >= 4 is 11.6 Å². The van der Waals surface area contributed by atoms with Crippen molar-refractivity contribution in [1.82, 2.24) is 9.97 Å².